The van der Waals surface area contributed by atoms with E-state index in [0.717, 1.165) is 15.6 Å². The van der Waals surface area contributed by atoms with Crippen LogP contribution >= 0.6 is 27.5 Å². The molecule has 1 N–H and O–H groups in total. The number of carbonyl (C=O) groups excluding carboxylic acids is 2. The molecule has 0 aliphatic carbocycles. The molecule has 3 aromatic rings. The van der Waals surface area contributed by atoms with E-state index in [-0.39, 0.29) is 12.6 Å². The number of nitrogens with zero attached hydrogens (tertiary/aromatic N) is 1. The molecule has 0 heterocycles. The highest BCUT2D eigenvalue weighted by Gasteiger charge is 2.25. The lowest BCUT2D eigenvalue weighted by Gasteiger charge is -2.29. The Hall–Kier alpha value is -3.07. The average Bonchev–Trinajstić information content (AvgIpc) is 2.90. The smallest absolute Gasteiger partial charge is 0.410 e. The number of hydrogen-bond donors (Lipinski definition) is 1. The number of aliphatic hydroxyl groups is 1. The minimum Gasteiger partial charge on any atom is -0.486 e. The molecule has 0 saturated carbocycles. The number of methoxy groups -OCH3 is 1. The molecule has 9 heteroatoms. The van der Waals surface area contributed by atoms with Gasteiger partial charge in [-0.15, -0.1) is 0 Å². The lowest BCUT2D eigenvalue weighted by Crippen LogP contribution is -2.40. The number of amides is 1. The zero-order chi connectivity index (χ0) is 29.4. The lowest BCUT2D eigenvalue weighted by atomic mass is 10.1. The SMILES string of the molecule is COC(=O)c1ccc(Br)c(C(C)Oc2ccc(CCN(C[C@H](O)c3cccc(Cl)c3)C(=O)OC(C)(C)C)cc2)c1. The van der Waals surface area contributed by atoms with Crippen molar-refractivity contribution in [3.05, 3.63) is 98.5 Å². The Labute approximate surface area is 249 Å². The largest absolute Gasteiger partial charge is 0.486 e. The van der Waals surface area contributed by atoms with Gasteiger partial charge in [0.25, 0.3) is 0 Å². The van der Waals surface area contributed by atoms with E-state index in [9.17, 15) is 14.7 Å². The normalized spacial score (nSPS) is 12.8. The van der Waals surface area contributed by atoms with Crippen LogP contribution in [0.25, 0.3) is 0 Å². The summed E-state index contributed by atoms with van der Waals surface area (Å²) in [6.07, 6.45) is -1.20. The van der Waals surface area contributed by atoms with Crippen LogP contribution in [0.2, 0.25) is 5.02 Å². The Morgan fingerprint density at radius 2 is 1.75 bits per heavy atom. The zero-order valence-corrected chi connectivity index (χ0v) is 25.7. The number of esters is 1. The van der Waals surface area contributed by atoms with Gasteiger partial charge in [0.05, 0.1) is 25.3 Å². The van der Waals surface area contributed by atoms with Crippen LogP contribution in [0.3, 0.4) is 0 Å². The zero-order valence-electron chi connectivity index (χ0n) is 23.3. The Morgan fingerprint density at radius 1 is 1.05 bits per heavy atom. The quantitative estimate of drug-likeness (QED) is 0.233. The van der Waals surface area contributed by atoms with E-state index >= 15 is 0 Å². The van der Waals surface area contributed by atoms with Crippen molar-refractivity contribution < 1.29 is 28.9 Å². The predicted octanol–water partition coefficient (Wildman–Crippen LogP) is 7.54. The minimum absolute atomic E-state index is 0.0630. The van der Waals surface area contributed by atoms with Gasteiger partial charge in [-0.2, -0.15) is 0 Å². The van der Waals surface area contributed by atoms with Gasteiger partial charge < -0.3 is 24.2 Å². The summed E-state index contributed by atoms with van der Waals surface area (Å²) in [5.41, 5.74) is 2.21. The van der Waals surface area contributed by atoms with Gasteiger partial charge in [-0.05, 0) is 87.7 Å². The highest BCUT2D eigenvalue weighted by molar-refractivity contribution is 9.10. The Morgan fingerprint density at radius 3 is 2.38 bits per heavy atom. The van der Waals surface area contributed by atoms with Crippen LogP contribution in [-0.2, 0) is 15.9 Å². The van der Waals surface area contributed by atoms with Gasteiger partial charge >= 0.3 is 12.1 Å². The topological polar surface area (TPSA) is 85.3 Å². The number of carbonyl (C=O) groups is 2. The minimum atomic E-state index is -0.916. The number of halogens is 2. The molecule has 0 radical (unpaired) electrons. The molecule has 0 aliphatic heterocycles. The van der Waals surface area contributed by atoms with E-state index in [1.54, 1.807) is 63.2 Å². The van der Waals surface area contributed by atoms with Gasteiger partial charge in [-0.1, -0.05) is 51.8 Å². The van der Waals surface area contributed by atoms with Crippen molar-refractivity contribution in [3.63, 3.8) is 0 Å². The maximum absolute atomic E-state index is 13.0. The fraction of sp³-hybridized carbons (Fsp3) is 0.355. The molecule has 2 atom stereocenters. The van der Waals surface area contributed by atoms with E-state index < -0.39 is 23.8 Å². The van der Waals surface area contributed by atoms with Gasteiger partial charge in [0.2, 0.25) is 0 Å². The van der Waals surface area contributed by atoms with E-state index in [1.165, 1.54) is 12.0 Å². The molecule has 0 aromatic heterocycles. The molecule has 0 fully saturated rings. The number of benzene rings is 3. The summed E-state index contributed by atoms with van der Waals surface area (Å²) < 4.78 is 17.4. The van der Waals surface area contributed by atoms with Crippen molar-refractivity contribution in [1.29, 1.82) is 0 Å². The highest BCUT2D eigenvalue weighted by Crippen LogP contribution is 2.29. The molecule has 40 heavy (non-hydrogen) atoms. The molecular weight excluding hydrogens is 598 g/mol. The van der Waals surface area contributed by atoms with Crippen LogP contribution in [0, 0.1) is 0 Å². The van der Waals surface area contributed by atoms with Crippen LogP contribution in [-0.4, -0.2) is 47.9 Å². The number of hydrogen-bond acceptors (Lipinski definition) is 6. The molecule has 3 rings (SSSR count). The van der Waals surface area contributed by atoms with E-state index in [2.05, 4.69) is 15.9 Å². The third-order valence-corrected chi connectivity index (χ3v) is 7.00. The molecule has 1 amide bonds. The van der Waals surface area contributed by atoms with Crippen molar-refractivity contribution in [2.75, 3.05) is 20.2 Å². The fourth-order valence-electron chi connectivity index (χ4n) is 3.98. The summed E-state index contributed by atoms with van der Waals surface area (Å²) in [7, 11) is 1.35. The van der Waals surface area contributed by atoms with Crippen LogP contribution in [0.1, 0.15) is 67.0 Å². The van der Waals surface area contributed by atoms with E-state index in [1.807, 2.05) is 31.2 Å². The summed E-state index contributed by atoms with van der Waals surface area (Å²) >= 11 is 9.61. The van der Waals surface area contributed by atoms with Crippen LogP contribution in [0.4, 0.5) is 4.79 Å². The van der Waals surface area contributed by atoms with E-state index in [4.69, 9.17) is 25.8 Å². The third kappa shape index (κ3) is 9.25. The van der Waals surface area contributed by atoms with Crippen molar-refractivity contribution in [3.8, 4) is 5.75 Å². The first kappa shape index (κ1) is 31.5. The first-order valence-corrected chi connectivity index (χ1v) is 14.1. The van der Waals surface area contributed by atoms with Gasteiger partial charge in [0.1, 0.15) is 17.5 Å². The summed E-state index contributed by atoms with van der Waals surface area (Å²) in [5.74, 6) is 0.248. The summed E-state index contributed by atoms with van der Waals surface area (Å²) in [6.45, 7) is 7.73. The second-order valence-corrected chi connectivity index (χ2v) is 11.7. The highest BCUT2D eigenvalue weighted by atomic mass is 79.9. The van der Waals surface area contributed by atoms with Gasteiger partial charge in [0.15, 0.2) is 0 Å². The van der Waals surface area contributed by atoms with Crippen LogP contribution in [0.5, 0.6) is 5.75 Å². The van der Waals surface area contributed by atoms with Gasteiger partial charge in [0, 0.05) is 21.6 Å². The predicted molar refractivity (Wildman–Crippen MR) is 159 cm³/mol. The van der Waals surface area contributed by atoms with Crippen molar-refractivity contribution in [2.45, 2.75) is 51.9 Å². The molecule has 0 spiro atoms. The Bertz CT molecular complexity index is 1310. The molecule has 3 aromatic carbocycles. The summed E-state index contributed by atoms with van der Waals surface area (Å²) in [6, 6.07) is 19.8. The maximum atomic E-state index is 13.0. The lowest BCUT2D eigenvalue weighted by molar-refractivity contribution is 0.0147. The van der Waals surface area contributed by atoms with E-state index in [0.29, 0.717) is 34.9 Å². The molecule has 0 bridgehead atoms. The molecule has 0 saturated heterocycles. The van der Waals surface area contributed by atoms with Crippen LogP contribution < -0.4 is 4.74 Å². The molecular formula is C31H35BrClNO6. The monoisotopic (exact) mass is 631 g/mol. The second kappa shape index (κ2) is 14.0. The van der Waals surface area contributed by atoms with Crippen molar-refractivity contribution in [2.24, 2.45) is 0 Å². The summed E-state index contributed by atoms with van der Waals surface area (Å²) in [4.78, 5) is 26.4. The maximum Gasteiger partial charge on any atom is 0.410 e. The molecule has 1 unspecified atom stereocenters. The second-order valence-electron chi connectivity index (χ2n) is 10.4. The van der Waals surface area contributed by atoms with Crippen molar-refractivity contribution in [1.82, 2.24) is 4.90 Å². The Balaban J connectivity index is 1.67. The molecule has 0 aliphatic rings. The third-order valence-electron chi connectivity index (χ3n) is 6.04. The van der Waals surface area contributed by atoms with Gasteiger partial charge in [-0.3, -0.25) is 0 Å². The van der Waals surface area contributed by atoms with Crippen LogP contribution in [0.15, 0.2) is 71.2 Å². The standard InChI is InChI=1S/C31H35BrClNO6/c1-20(26-18-23(29(36)38-5)11-14-27(26)32)39-25-12-9-21(10-13-25)15-16-34(30(37)40-31(2,3)4)19-28(35)22-7-6-8-24(33)17-22/h6-14,17-18,20,28,35H,15-16,19H2,1-5H3/t20?,28-/m0/s1. The number of rotatable bonds is 10. The summed E-state index contributed by atoms with van der Waals surface area (Å²) in [5, 5.41) is 11.3. The molecule has 214 valence electrons. The first-order valence-electron chi connectivity index (χ1n) is 12.9. The van der Waals surface area contributed by atoms with Crippen molar-refractivity contribution >= 4 is 39.6 Å². The molecule has 7 nitrogen and oxygen atoms in total. The number of aliphatic hydroxyl groups excluding tert-OH is 1. The Kier molecular flexibility index (Phi) is 11.0. The van der Waals surface area contributed by atoms with Gasteiger partial charge in [-0.25, -0.2) is 9.59 Å². The first-order chi connectivity index (χ1) is 18.9. The average molecular weight is 633 g/mol. The fourth-order valence-corrected chi connectivity index (χ4v) is 4.75. The number of ether oxygens (including phenoxy) is 3.